The molecule has 0 N–H and O–H groups in total. The van der Waals surface area contributed by atoms with Gasteiger partial charge in [0.2, 0.25) is 0 Å². The lowest BCUT2D eigenvalue weighted by atomic mass is 10.1. The van der Waals surface area contributed by atoms with E-state index in [1.165, 1.54) is 63.8 Å². The number of ether oxygens (including phenoxy) is 2. The third-order valence-electron chi connectivity index (χ3n) is 5.92. The summed E-state index contributed by atoms with van der Waals surface area (Å²) in [5.41, 5.74) is 0.793. The van der Waals surface area contributed by atoms with Gasteiger partial charge in [-0.15, -0.1) is 0 Å². The molecule has 1 aromatic carbocycles. The zero-order valence-corrected chi connectivity index (χ0v) is 21.6. The first kappa shape index (κ1) is 28.5. The van der Waals surface area contributed by atoms with Crippen molar-refractivity contribution in [1.82, 2.24) is 9.97 Å². The Morgan fingerprint density at radius 3 is 1.51 bits per heavy atom. The van der Waals surface area contributed by atoms with Gasteiger partial charge >= 0.3 is 11.9 Å². The quantitative estimate of drug-likeness (QED) is 0.122. The minimum Gasteiger partial charge on any atom is -0.427 e. The molecule has 0 spiro atoms. The van der Waals surface area contributed by atoms with Crippen LogP contribution in [0.2, 0.25) is 0 Å². The van der Waals surface area contributed by atoms with E-state index in [2.05, 4.69) is 23.8 Å². The summed E-state index contributed by atoms with van der Waals surface area (Å²) in [6.45, 7) is 4.39. The monoisotopic (exact) mass is 482 g/mol. The lowest BCUT2D eigenvalue weighted by molar-refractivity contribution is -0.135. The van der Waals surface area contributed by atoms with Gasteiger partial charge < -0.3 is 9.47 Å². The van der Waals surface area contributed by atoms with Crippen LogP contribution in [0, 0.1) is 0 Å². The normalized spacial score (nSPS) is 10.8. The highest BCUT2D eigenvalue weighted by molar-refractivity contribution is 5.73. The molecule has 0 fully saturated rings. The van der Waals surface area contributed by atoms with Crippen molar-refractivity contribution in [3.63, 3.8) is 0 Å². The average Bonchev–Trinajstić information content (AvgIpc) is 2.86. The average molecular weight is 483 g/mol. The SMILES string of the molecule is CCCCCCCCCCC(=O)Oc1ccc(-c2ncc(OC(=O)CCCCCCC)cn2)cc1. The van der Waals surface area contributed by atoms with Crippen LogP contribution in [-0.4, -0.2) is 21.9 Å². The standard InChI is InChI=1S/C29H42N2O4/c1-3-5-7-9-10-11-13-15-16-27(32)34-25-20-18-24(19-21-25)29-30-22-26(23-31-29)35-28(33)17-14-12-8-6-4-2/h18-23H,3-17H2,1-2H3. The van der Waals surface area contributed by atoms with Crippen LogP contribution < -0.4 is 9.47 Å². The van der Waals surface area contributed by atoms with Crippen molar-refractivity contribution >= 4 is 11.9 Å². The van der Waals surface area contributed by atoms with Gasteiger partial charge in [-0.05, 0) is 37.1 Å². The Balaban J connectivity index is 1.69. The third kappa shape index (κ3) is 12.5. The Hall–Kier alpha value is -2.76. The molecule has 0 bridgehead atoms. The molecule has 0 aliphatic carbocycles. The van der Waals surface area contributed by atoms with Crippen LogP contribution in [0.15, 0.2) is 36.7 Å². The van der Waals surface area contributed by atoms with E-state index in [9.17, 15) is 9.59 Å². The number of hydrogen-bond donors (Lipinski definition) is 0. The van der Waals surface area contributed by atoms with Crippen molar-refractivity contribution in [3.05, 3.63) is 36.7 Å². The summed E-state index contributed by atoms with van der Waals surface area (Å²) in [5.74, 6) is 0.926. The first-order valence-corrected chi connectivity index (χ1v) is 13.5. The second kappa shape index (κ2) is 17.6. The van der Waals surface area contributed by atoms with E-state index in [-0.39, 0.29) is 11.9 Å². The Kier molecular flexibility index (Phi) is 14.4. The summed E-state index contributed by atoms with van der Waals surface area (Å²) < 4.78 is 10.8. The summed E-state index contributed by atoms with van der Waals surface area (Å²) in [4.78, 5) is 32.6. The highest BCUT2D eigenvalue weighted by Crippen LogP contribution is 2.21. The van der Waals surface area contributed by atoms with E-state index >= 15 is 0 Å². The van der Waals surface area contributed by atoms with E-state index in [1.54, 1.807) is 12.1 Å². The highest BCUT2D eigenvalue weighted by Gasteiger charge is 2.09. The number of aromatic nitrogens is 2. The lowest BCUT2D eigenvalue weighted by Gasteiger charge is -2.07. The molecule has 0 atom stereocenters. The Bertz CT molecular complexity index is 850. The molecule has 0 amide bonds. The molecule has 2 rings (SSSR count). The second-order valence-electron chi connectivity index (χ2n) is 9.10. The van der Waals surface area contributed by atoms with Crippen molar-refractivity contribution in [3.8, 4) is 22.9 Å². The predicted molar refractivity (Wildman–Crippen MR) is 139 cm³/mol. The van der Waals surface area contributed by atoms with Gasteiger partial charge in [0.15, 0.2) is 11.6 Å². The molecule has 0 radical (unpaired) electrons. The van der Waals surface area contributed by atoms with Crippen LogP contribution in [0.1, 0.15) is 110 Å². The highest BCUT2D eigenvalue weighted by atomic mass is 16.5. The molecule has 0 saturated heterocycles. The first-order chi connectivity index (χ1) is 17.1. The fraction of sp³-hybridized carbons (Fsp3) is 0.586. The molecule has 0 aliphatic rings. The van der Waals surface area contributed by atoms with E-state index in [4.69, 9.17) is 9.47 Å². The summed E-state index contributed by atoms with van der Waals surface area (Å²) in [5, 5.41) is 0. The van der Waals surface area contributed by atoms with Crippen LogP contribution in [0.25, 0.3) is 11.4 Å². The van der Waals surface area contributed by atoms with Gasteiger partial charge in [0.25, 0.3) is 0 Å². The first-order valence-electron chi connectivity index (χ1n) is 13.5. The van der Waals surface area contributed by atoms with E-state index in [0.717, 1.165) is 37.7 Å². The summed E-state index contributed by atoms with van der Waals surface area (Å²) in [6, 6.07) is 7.13. The van der Waals surface area contributed by atoms with Crippen molar-refractivity contribution in [1.29, 1.82) is 0 Å². The van der Waals surface area contributed by atoms with Crippen LogP contribution >= 0.6 is 0 Å². The van der Waals surface area contributed by atoms with Crippen molar-refractivity contribution < 1.29 is 19.1 Å². The van der Waals surface area contributed by atoms with Crippen LogP contribution in [-0.2, 0) is 9.59 Å². The number of carbonyl (C=O) groups is 2. The molecule has 0 saturated carbocycles. The molecule has 2 aromatic rings. The molecular formula is C29H42N2O4. The molecule has 6 heteroatoms. The number of carbonyl (C=O) groups excluding carboxylic acids is 2. The molecule has 0 unspecified atom stereocenters. The molecule has 35 heavy (non-hydrogen) atoms. The minimum absolute atomic E-state index is 0.198. The van der Waals surface area contributed by atoms with E-state index in [0.29, 0.717) is 30.2 Å². The summed E-state index contributed by atoms with van der Waals surface area (Å²) >= 11 is 0. The topological polar surface area (TPSA) is 78.4 Å². The number of benzene rings is 1. The van der Waals surface area contributed by atoms with E-state index < -0.39 is 0 Å². The molecule has 1 aromatic heterocycles. The maximum absolute atomic E-state index is 12.1. The van der Waals surface area contributed by atoms with Crippen LogP contribution in [0.4, 0.5) is 0 Å². The maximum Gasteiger partial charge on any atom is 0.311 e. The summed E-state index contributed by atoms with van der Waals surface area (Å²) in [6.07, 6.45) is 18.9. The number of hydrogen-bond acceptors (Lipinski definition) is 6. The number of unbranched alkanes of at least 4 members (excludes halogenated alkanes) is 11. The smallest absolute Gasteiger partial charge is 0.311 e. The van der Waals surface area contributed by atoms with Crippen molar-refractivity contribution in [2.45, 2.75) is 110 Å². The van der Waals surface area contributed by atoms with Crippen molar-refractivity contribution in [2.24, 2.45) is 0 Å². The van der Waals surface area contributed by atoms with Gasteiger partial charge in [0, 0.05) is 18.4 Å². The van der Waals surface area contributed by atoms with Crippen molar-refractivity contribution in [2.75, 3.05) is 0 Å². The van der Waals surface area contributed by atoms with Crippen LogP contribution in [0.3, 0.4) is 0 Å². The zero-order chi connectivity index (χ0) is 25.1. The molecule has 1 heterocycles. The minimum atomic E-state index is -0.254. The van der Waals surface area contributed by atoms with Gasteiger partial charge in [-0.25, -0.2) is 9.97 Å². The Morgan fingerprint density at radius 1 is 0.600 bits per heavy atom. The maximum atomic E-state index is 12.1. The molecule has 0 aliphatic heterocycles. The molecule has 6 nitrogen and oxygen atoms in total. The number of esters is 2. The fourth-order valence-corrected chi connectivity index (χ4v) is 3.83. The third-order valence-corrected chi connectivity index (χ3v) is 5.92. The molecular weight excluding hydrogens is 440 g/mol. The Labute approximate surface area is 210 Å². The fourth-order valence-electron chi connectivity index (χ4n) is 3.83. The summed E-state index contributed by atoms with van der Waals surface area (Å²) in [7, 11) is 0. The van der Waals surface area contributed by atoms with Gasteiger partial charge in [0.1, 0.15) is 5.75 Å². The number of nitrogens with zero attached hydrogens (tertiary/aromatic N) is 2. The van der Waals surface area contributed by atoms with E-state index in [1.807, 2.05) is 12.1 Å². The Morgan fingerprint density at radius 2 is 1.03 bits per heavy atom. The van der Waals surface area contributed by atoms with Gasteiger partial charge in [0.05, 0.1) is 12.4 Å². The van der Waals surface area contributed by atoms with Gasteiger partial charge in [-0.2, -0.15) is 0 Å². The largest absolute Gasteiger partial charge is 0.427 e. The second-order valence-corrected chi connectivity index (χ2v) is 9.10. The van der Waals surface area contributed by atoms with Crippen LogP contribution in [0.5, 0.6) is 11.5 Å². The number of rotatable bonds is 18. The molecule has 192 valence electrons. The van der Waals surface area contributed by atoms with Gasteiger partial charge in [-0.1, -0.05) is 84.5 Å². The predicted octanol–water partition coefficient (Wildman–Crippen LogP) is 7.85. The zero-order valence-electron chi connectivity index (χ0n) is 21.6. The lowest BCUT2D eigenvalue weighted by Crippen LogP contribution is -2.08. The van der Waals surface area contributed by atoms with Gasteiger partial charge in [-0.3, -0.25) is 9.59 Å².